The van der Waals surface area contributed by atoms with Crippen LogP contribution in [0, 0.1) is 28.5 Å². The van der Waals surface area contributed by atoms with Crippen LogP contribution in [-0.4, -0.2) is 0 Å². The third kappa shape index (κ3) is 2.71. The van der Waals surface area contributed by atoms with Crippen LogP contribution in [-0.2, 0) is 5.88 Å². The Morgan fingerprint density at radius 1 is 1.10 bits per heavy atom. The predicted octanol–water partition coefficient (Wildman–Crippen LogP) is 4.10. The van der Waals surface area contributed by atoms with Gasteiger partial charge in [0, 0.05) is 5.88 Å². The van der Waals surface area contributed by atoms with Gasteiger partial charge in [0.05, 0.1) is 5.56 Å². The Kier molecular flexibility index (Phi) is 4.20. The third-order valence-electron chi connectivity index (χ3n) is 2.63. The number of hydrogen-bond donors (Lipinski definition) is 0. The number of alkyl halides is 1. The van der Waals surface area contributed by atoms with Crippen molar-refractivity contribution in [3.05, 3.63) is 58.9 Å². The van der Waals surface area contributed by atoms with E-state index in [0.717, 1.165) is 5.56 Å². The van der Waals surface area contributed by atoms with E-state index in [1.807, 2.05) is 6.07 Å². The first-order valence-electron chi connectivity index (χ1n) is 5.65. The van der Waals surface area contributed by atoms with Gasteiger partial charge in [-0.2, -0.15) is 10.5 Å². The molecule has 0 heterocycles. The van der Waals surface area contributed by atoms with Crippen LogP contribution in [0.4, 0.5) is 4.39 Å². The van der Waals surface area contributed by atoms with Crippen molar-refractivity contribution in [3.8, 4) is 23.6 Å². The number of rotatable bonds is 3. The lowest BCUT2D eigenvalue weighted by Crippen LogP contribution is -1.94. The largest absolute Gasteiger partial charge is 0.454 e. The molecule has 0 unspecified atom stereocenters. The highest BCUT2D eigenvalue weighted by atomic mass is 35.5. The summed E-state index contributed by atoms with van der Waals surface area (Å²) < 4.78 is 18.9. The average Bonchev–Trinajstić information content (AvgIpc) is 2.48. The molecule has 0 radical (unpaired) electrons. The molecule has 0 aromatic heterocycles. The lowest BCUT2D eigenvalue weighted by molar-refractivity contribution is 0.473. The van der Waals surface area contributed by atoms with E-state index in [2.05, 4.69) is 0 Å². The van der Waals surface area contributed by atoms with Crippen LogP contribution in [0.3, 0.4) is 0 Å². The number of ether oxygens (including phenoxy) is 1. The van der Waals surface area contributed by atoms with Crippen molar-refractivity contribution in [1.29, 1.82) is 10.5 Å². The lowest BCUT2D eigenvalue weighted by atomic mass is 10.1. The fourth-order valence-electron chi connectivity index (χ4n) is 1.65. The minimum Gasteiger partial charge on any atom is -0.454 e. The highest BCUT2D eigenvalue weighted by molar-refractivity contribution is 6.17. The molecule has 0 N–H and O–H groups in total. The van der Waals surface area contributed by atoms with Crippen LogP contribution in [0.1, 0.15) is 16.7 Å². The van der Waals surface area contributed by atoms with Crippen molar-refractivity contribution in [3.63, 3.8) is 0 Å². The fraction of sp³-hybridized carbons (Fsp3) is 0.0667. The summed E-state index contributed by atoms with van der Waals surface area (Å²) in [5.41, 5.74) is 0.851. The van der Waals surface area contributed by atoms with E-state index in [9.17, 15) is 4.39 Å². The van der Waals surface area contributed by atoms with E-state index in [4.69, 9.17) is 26.9 Å². The zero-order valence-electron chi connectivity index (χ0n) is 10.2. The molecule has 0 aliphatic carbocycles. The Balaban J connectivity index is 2.44. The Hall–Kier alpha value is -2.56. The van der Waals surface area contributed by atoms with Gasteiger partial charge >= 0.3 is 0 Å². The molecule has 2 aromatic carbocycles. The molecule has 2 aromatic rings. The fourth-order valence-corrected chi connectivity index (χ4v) is 1.82. The van der Waals surface area contributed by atoms with Crippen LogP contribution < -0.4 is 4.74 Å². The van der Waals surface area contributed by atoms with Gasteiger partial charge in [-0.3, -0.25) is 0 Å². The van der Waals surface area contributed by atoms with E-state index >= 15 is 0 Å². The van der Waals surface area contributed by atoms with Crippen molar-refractivity contribution >= 4 is 11.6 Å². The van der Waals surface area contributed by atoms with Crippen molar-refractivity contribution in [2.45, 2.75) is 5.88 Å². The molecule has 0 bridgehead atoms. The van der Waals surface area contributed by atoms with E-state index in [1.165, 1.54) is 18.2 Å². The van der Waals surface area contributed by atoms with Crippen LogP contribution in [0.2, 0.25) is 0 Å². The van der Waals surface area contributed by atoms with Gasteiger partial charge < -0.3 is 4.74 Å². The third-order valence-corrected chi connectivity index (χ3v) is 2.93. The molecule has 5 heteroatoms. The second-order valence-electron chi connectivity index (χ2n) is 3.90. The maximum absolute atomic E-state index is 13.5. The molecule has 0 aliphatic rings. The van der Waals surface area contributed by atoms with Crippen molar-refractivity contribution in [2.75, 3.05) is 0 Å². The molecular weight excluding hydrogens is 279 g/mol. The van der Waals surface area contributed by atoms with Gasteiger partial charge in [0.15, 0.2) is 0 Å². The second kappa shape index (κ2) is 6.06. The van der Waals surface area contributed by atoms with E-state index in [1.54, 1.807) is 24.3 Å². The Bertz CT molecular complexity index is 732. The first kappa shape index (κ1) is 13.9. The number of nitrogens with zero attached hydrogens (tertiary/aromatic N) is 2. The zero-order valence-corrected chi connectivity index (χ0v) is 11.0. The topological polar surface area (TPSA) is 56.8 Å². The molecule has 2 rings (SSSR count). The van der Waals surface area contributed by atoms with Crippen molar-refractivity contribution in [1.82, 2.24) is 0 Å². The second-order valence-corrected chi connectivity index (χ2v) is 4.17. The standard InChI is InChI=1S/C15H8ClFN2O/c16-7-10-4-5-14(11(6-10)8-18)20-15-3-1-2-13(17)12(15)9-19/h1-6H,7H2. The molecule has 0 aliphatic heterocycles. The summed E-state index contributed by atoms with van der Waals surface area (Å²) in [7, 11) is 0. The molecule has 0 saturated heterocycles. The van der Waals surface area contributed by atoms with Gasteiger partial charge in [-0.25, -0.2) is 4.39 Å². The van der Waals surface area contributed by atoms with Crippen LogP contribution >= 0.6 is 11.6 Å². The molecule has 98 valence electrons. The monoisotopic (exact) mass is 286 g/mol. The summed E-state index contributed by atoms with van der Waals surface area (Å²) in [6.45, 7) is 0. The molecule has 0 amide bonds. The first-order chi connectivity index (χ1) is 9.69. The summed E-state index contributed by atoms with van der Waals surface area (Å²) in [5.74, 6) is -0.0646. The van der Waals surface area contributed by atoms with Crippen LogP contribution in [0.15, 0.2) is 36.4 Å². The molecular formula is C15H8ClFN2O. The molecule has 0 fully saturated rings. The molecule has 0 atom stereocenters. The summed E-state index contributed by atoms with van der Waals surface area (Å²) in [4.78, 5) is 0. The smallest absolute Gasteiger partial charge is 0.148 e. The Morgan fingerprint density at radius 2 is 1.90 bits per heavy atom. The minimum absolute atomic E-state index is 0.0719. The van der Waals surface area contributed by atoms with Gasteiger partial charge in [0.2, 0.25) is 0 Å². The quantitative estimate of drug-likeness (QED) is 0.798. The van der Waals surface area contributed by atoms with Gasteiger partial charge in [-0.05, 0) is 29.8 Å². The van der Waals surface area contributed by atoms with Crippen molar-refractivity contribution in [2.24, 2.45) is 0 Å². The SMILES string of the molecule is N#Cc1cc(CCl)ccc1Oc1cccc(F)c1C#N. The van der Waals surface area contributed by atoms with Crippen LogP contribution in [0.5, 0.6) is 11.5 Å². The van der Waals surface area contributed by atoms with Crippen LogP contribution in [0.25, 0.3) is 0 Å². The predicted molar refractivity (Wildman–Crippen MR) is 71.9 cm³/mol. The number of nitriles is 2. The molecule has 0 spiro atoms. The maximum atomic E-state index is 13.5. The van der Waals surface area contributed by atoms with Gasteiger partial charge in [-0.1, -0.05) is 12.1 Å². The summed E-state index contributed by atoms with van der Waals surface area (Å²) >= 11 is 5.69. The van der Waals surface area contributed by atoms with Gasteiger partial charge in [-0.15, -0.1) is 11.6 Å². The zero-order chi connectivity index (χ0) is 14.5. The molecule has 3 nitrogen and oxygen atoms in total. The minimum atomic E-state index is -0.666. The van der Waals surface area contributed by atoms with Crippen molar-refractivity contribution < 1.29 is 9.13 Å². The Morgan fingerprint density at radius 3 is 2.55 bits per heavy atom. The highest BCUT2D eigenvalue weighted by Crippen LogP contribution is 2.29. The Labute approximate surface area is 120 Å². The van der Waals surface area contributed by atoms with E-state index in [-0.39, 0.29) is 28.5 Å². The molecule has 0 saturated carbocycles. The number of halogens is 2. The maximum Gasteiger partial charge on any atom is 0.148 e. The molecule has 20 heavy (non-hydrogen) atoms. The van der Waals surface area contributed by atoms with Gasteiger partial charge in [0.1, 0.15) is 35.0 Å². The first-order valence-corrected chi connectivity index (χ1v) is 6.18. The summed E-state index contributed by atoms with van der Waals surface area (Å²) in [6.07, 6.45) is 0. The van der Waals surface area contributed by atoms with E-state index < -0.39 is 5.82 Å². The van der Waals surface area contributed by atoms with Gasteiger partial charge in [0.25, 0.3) is 0 Å². The summed E-state index contributed by atoms with van der Waals surface area (Å²) in [6, 6.07) is 12.7. The normalized spacial score (nSPS) is 9.60. The summed E-state index contributed by atoms with van der Waals surface area (Å²) in [5, 5.41) is 18.0. The number of benzene rings is 2. The highest BCUT2D eigenvalue weighted by Gasteiger charge is 2.12. The lowest BCUT2D eigenvalue weighted by Gasteiger charge is -2.10. The average molecular weight is 287 g/mol. The van der Waals surface area contributed by atoms with E-state index in [0.29, 0.717) is 0 Å². The number of hydrogen-bond acceptors (Lipinski definition) is 3.